The van der Waals surface area contributed by atoms with Gasteiger partial charge in [0, 0.05) is 17.3 Å². The molecule has 114 valence electrons. The number of ether oxygens (including phenoxy) is 1. The molecule has 2 aromatic rings. The Kier molecular flexibility index (Phi) is 4.95. The second-order valence-corrected chi connectivity index (χ2v) is 4.74. The van der Waals surface area contributed by atoms with E-state index in [1.807, 2.05) is 6.92 Å². The Hall–Kier alpha value is -2.60. The first-order valence-electron chi connectivity index (χ1n) is 6.49. The second-order valence-electron chi connectivity index (χ2n) is 4.33. The van der Waals surface area contributed by atoms with Crippen LogP contribution < -0.4 is 10.1 Å². The third kappa shape index (κ3) is 3.73. The zero-order valence-electron chi connectivity index (χ0n) is 11.7. The van der Waals surface area contributed by atoms with E-state index >= 15 is 0 Å². The van der Waals surface area contributed by atoms with Crippen molar-refractivity contribution in [3.8, 4) is 5.75 Å². The lowest BCUT2D eigenvalue weighted by atomic mass is 10.2. The van der Waals surface area contributed by atoms with Crippen LogP contribution in [0.5, 0.6) is 5.75 Å². The molecule has 0 aliphatic heterocycles. The first kappa shape index (κ1) is 15.8. The summed E-state index contributed by atoms with van der Waals surface area (Å²) in [5.41, 5.74) is 0.460. The number of hydrogen-bond donors (Lipinski definition) is 1. The van der Waals surface area contributed by atoms with Crippen molar-refractivity contribution in [1.29, 1.82) is 0 Å². The van der Waals surface area contributed by atoms with Gasteiger partial charge in [-0.1, -0.05) is 11.6 Å². The van der Waals surface area contributed by atoms with Crippen molar-refractivity contribution < 1.29 is 14.5 Å². The van der Waals surface area contributed by atoms with E-state index in [0.29, 0.717) is 23.6 Å². The van der Waals surface area contributed by atoms with Crippen LogP contribution in [0.4, 0.5) is 11.4 Å². The lowest BCUT2D eigenvalue weighted by molar-refractivity contribution is -0.384. The molecule has 2 aromatic carbocycles. The standard InChI is InChI=1S/C15H13ClN2O4/c1-2-22-12-6-3-10(4-7-12)15(19)17-11-5-8-13(16)14(9-11)18(20)21/h3-9H,2H2,1H3,(H,17,19). The van der Waals surface area contributed by atoms with E-state index in [-0.39, 0.29) is 16.6 Å². The number of nitrogens with zero attached hydrogens (tertiary/aromatic N) is 1. The number of benzene rings is 2. The number of nitro groups is 1. The molecule has 7 heteroatoms. The molecule has 0 aromatic heterocycles. The number of carbonyl (C=O) groups is 1. The molecule has 6 nitrogen and oxygen atoms in total. The van der Waals surface area contributed by atoms with Crippen LogP contribution in [0.15, 0.2) is 42.5 Å². The number of hydrogen-bond acceptors (Lipinski definition) is 4. The van der Waals surface area contributed by atoms with Crippen LogP contribution in [-0.4, -0.2) is 17.4 Å². The number of halogens is 1. The highest BCUT2D eigenvalue weighted by Gasteiger charge is 2.14. The van der Waals surface area contributed by atoms with Gasteiger partial charge in [-0.05, 0) is 43.3 Å². The van der Waals surface area contributed by atoms with Crippen LogP contribution >= 0.6 is 11.6 Å². The Morgan fingerprint density at radius 1 is 1.27 bits per heavy atom. The average Bonchev–Trinajstić information content (AvgIpc) is 2.50. The van der Waals surface area contributed by atoms with E-state index in [2.05, 4.69) is 5.32 Å². The topological polar surface area (TPSA) is 81.5 Å². The molecule has 2 rings (SSSR count). The van der Waals surface area contributed by atoms with E-state index in [0.717, 1.165) is 0 Å². The molecule has 0 aliphatic rings. The Balaban J connectivity index is 2.14. The highest BCUT2D eigenvalue weighted by molar-refractivity contribution is 6.32. The minimum Gasteiger partial charge on any atom is -0.494 e. The predicted octanol–water partition coefficient (Wildman–Crippen LogP) is 3.90. The molecular formula is C15H13ClN2O4. The molecule has 22 heavy (non-hydrogen) atoms. The molecular weight excluding hydrogens is 308 g/mol. The van der Waals surface area contributed by atoms with Gasteiger partial charge in [0.2, 0.25) is 0 Å². The number of nitro benzene ring substituents is 1. The Morgan fingerprint density at radius 2 is 1.95 bits per heavy atom. The highest BCUT2D eigenvalue weighted by atomic mass is 35.5. The molecule has 1 amide bonds. The lowest BCUT2D eigenvalue weighted by Crippen LogP contribution is -2.12. The maximum atomic E-state index is 12.1. The van der Waals surface area contributed by atoms with E-state index in [9.17, 15) is 14.9 Å². The van der Waals surface area contributed by atoms with Gasteiger partial charge >= 0.3 is 0 Å². The monoisotopic (exact) mass is 320 g/mol. The van der Waals surface area contributed by atoms with E-state index < -0.39 is 4.92 Å². The zero-order chi connectivity index (χ0) is 16.1. The third-order valence-electron chi connectivity index (χ3n) is 2.83. The quantitative estimate of drug-likeness (QED) is 0.669. The fraction of sp³-hybridized carbons (Fsp3) is 0.133. The summed E-state index contributed by atoms with van der Waals surface area (Å²) in [4.78, 5) is 22.3. The number of rotatable bonds is 5. The van der Waals surface area contributed by atoms with Gasteiger partial charge in [-0.15, -0.1) is 0 Å². The summed E-state index contributed by atoms with van der Waals surface area (Å²) in [6.07, 6.45) is 0. The Bertz CT molecular complexity index is 701. The summed E-state index contributed by atoms with van der Waals surface area (Å²) in [6.45, 7) is 2.41. The summed E-state index contributed by atoms with van der Waals surface area (Å²) < 4.78 is 5.29. The van der Waals surface area contributed by atoms with Crippen molar-refractivity contribution in [1.82, 2.24) is 0 Å². The van der Waals surface area contributed by atoms with Crippen molar-refractivity contribution in [2.24, 2.45) is 0 Å². The maximum absolute atomic E-state index is 12.1. The fourth-order valence-corrected chi connectivity index (χ4v) is 1.99. The molecule has 0 bridgehead atoms. The van der Waals surface area contributed by atoms with Crippen molar-refractivity contribution >= 4 is 28.9 Å². The normalized spacial score (nSPS) is 10.1. The lowest BCUT2D eigenvalue weighted by Gasteiger charge is -2.07. The van der Waals surface area contributed by atoms with Crippen molar-refractivity contribution in [3.63, 3.8) is 0 Å². The number of nitrogens with one attached hydrogen (secondary N) is 1. The summed E-state index contributed by atoms with van der Waals surface area (Å²) in [6, 6.07) is 10.7. The number of carbonyl (C=O) groups excluding carboxylic acids is 1. The fourth-order valence-electron chi connectivity index (χ4n) is 1.80. The van der Waals surface area contributed by atoms with E-state index in [1.54, 1.807) is 24.3 Å². The van der Waals surface area contributed by atoms with E-state index in [4.69, 9.17) is 16.3 Å². The Labute approximate surface area is 131 Å². The summed E-state index contributed by atoms with van der Waals surface area (Å²) >= 11 is 5.72. The molecule has 0 heterocycles. The molecule has 1 N–H and O–H groups in total. The van der Waals surface area contributed by atoms with E-state index in [1.165, 1.54) is 18.2 Å². The molecule has 0 radical (unpaired) electrons. The van der Waals surface area contributed by atoms with Crippen LogP contribution in [0.3, 0.4) is 0 Å². The second kappa shape index (κ2) is 6.91. The van der Waals surface area contributed by atoms with Crippen LogP contribution in [0, 0.1) is 10.1 Å². The Morgan fingerprint density at radius 3 is 2.55 bits per heavy atom. The van der Waals surface area contributed by atoms with Crippen LogP contribution in [0.1, 0.15) is 17.3 Å². The highest BCUT2D eigenvalue weighted by Crippen LogP contribution is 2.27. The van der Waals surface area contributed by atoms with Crippen molar-refractivity contribution in [2.75, 3.05) is 11.9 Å². The van der Waals surface area contributed by atoms with Gasteiger partial charge in [0.25, 0.3) is 11.6 Å². The predicted molar refractivity (Wildman–Crippen MR) is 83.7 cm³/mol. The molecule has 0 atom stereocenters. The maximum Gasteiger partial charge on any atom is 0.289 e. The minimum absolute atomic E-state index is 0.0177. The molecule has 0 spiro atoms. The minimum atomic E-state index is -0.602. The molecule has 0 unspecified atom stereocenters. The van der Waals surface area contributed by atoms with Crippen LogP contribution in [0.2, 0.25) is 5.02 Å². The van der Waals surface area contributed by atoms with Crippen molar-refractivity contribution in [3.05, 3.63) is 63.2 Å². The van der Waals surface area contributed by atoms with Gasteiger partial charge in [0.15, 0.2) is 0 Å². The van der Waals surface area contributed by atoms with Gasteiger partial charge in [-0.3, -0.25) is 14.9 Å². The summed E-state index contributed by atoms with van der Waals surface area (Å²) in [5, 5.41) is 13.4. The summed E-state index contributed by atoms with van der Waals surface area (Å²) in [7, 11) is 0. The molecule has 0 saturated heterocycles. The van der Waals surface area contributed by atoms with Gasteiger partial charge in [-0.2, -0.15) is 0 Å². The molecule has 0 fully saturated rings. The number of amides is 1. The SMILES string of the molecule is CCOc1ccc(C(=O)Nc2ccc(Cl)c([N+](=O)[O-])c2)cc1. The van der Waals surface area contributed by atoms with Crippen LogP contribution in [-0.2, 0) is 0 Å². The van der Waals surface area contributed by atoms with Gasteiger partial charge in [-0.25, -0.2) is 0 Å². The first-order chi connectivity index (χ1) is 10.5. The van der Waals surface area contributed by atoms with Gasteiger partial charge < -0.3 is 10.1 Å². The molecule has 0 aliphatic carbocycles. The van der Waals surface area contributed by atoms with Gasteiger partial charge in [0.05, 0.1) is 11.5 Å². The van der Waals surface area contributed by atoms with Crippen LogP contribution in [0.25, 0.3) is 0 Å². The van der Waals surface area contributed by atoms with Crippen molar-refractivity contribution in [2.45, 2.75) is 6.92 Å². The largest absolute Gasteiger partial charge is 0.494 e. The number of anilines is 1. The first-order valence-corrected chi connectivity index (χ1v) is 6.87. The smallest absolute Gasteiger partial charge is 0.289 e. The zero-order valence-corrected chi connectivity index (χ0v) is 12.5. The summed E-state index contributed by atoms with van der Waals surface area (Å²) in [5.74, 6) is 0.292. The third-order valence-corrected chi connectivity index (χ3v) is 3.15. The average molecular weight is 321 g/mol. The van der Waals surface area contributed by atoms with Gasteiger partial charge in [0.1, 0.15) is 10.8 Å². The molecule has 0 saturated carbocycles.